The zero-order valence-electron chi connectivity index (χ0n) is 12.5. The second-order valence-corrected chi connectivity index (χ2v) is 5.91. The van der Waals surface area contributed by atoms with Crippen LogP contribution in [0.25, 0.3) is 0 Å². The molecule has 24 heavy (non-hydrogen) atoms. The molecular weight excluding hydrogens is 353 g/mol. The first kappa shape index (κ1) is 18.1. The van der Waals surface area contributed by atoms with Gasteiger partial charge in [0.25, 0.3) is 5.91 Å². The predicted molar refractivity (Wildman–Crippen MR) is 91.7 cm³/mol. The molecule has 0 aliphatic rings. The Labute approximate surface area is 149 Å². The van der Waals surface area contributed by atoms with E-state index in [-0.39, 0.29) is 13.0 Å². The topological polar surface area (TPSA) is 75.6 Å². The highest BCUT2D eigenvalue weighted by atomic mass is 35.5. The number of nitrogens with one attached hydrogen (secondary N) is 1. The van der Waals surface area contributed by atoms with E-state index in [9.17, 15) is 14.7 Å². The highest BCUT2D eigenvalue weighted by molar-refractivity contribution is 6.34. The Hall–Kier alpha value is -2.24. The smallest absolute Gasteiger partial charge is 0.326 e. The number of hydrogen-bond donors (Lipinski definition) is 2. The number of carboxylic acids is 1. The maximum Gasteiger partial charge on any atom is 0.326 e. The minimum atomic E-state index is -1.11. The van der Waals surface area contributed by atoms with Gasteiger partial charge >= 0.3 is 5.97 Å². The van der Waals surface area contributed by atoms with E-state index >= 15 is 0 Å². The molecular formula is C17H15Cl2NO4. The molecule has 0 aliphatic heterocycles. The third-order valence-corrected chi connectivity index (χ3v) is 3.56. The van der Waals surface area contributed by atoms with Gasteiger partial charge in [-0.1, -0.05) is 53.5 Å². The second kappa shape index (κ2) is 8.57. The van der Waals surface area contributed by atoms with Gasteiger partial charge in [-0.05, 0) is 23.8 Å². The summed E-state index contributed by atoms with van der Waals surface area (Å²) in [7, 11) is 0. The molecule has 1 atom stereocenters. The molecule has 0 aromatic heterocycles. The maximum absolute atomic E-state index is 11.9. The van der Waals surface area contributed by atoms with Gasteiger partial charge in [0.2, 0.25) is 0 Å². The van der Waals surface area contributed by atoms with Gasteiger partial charge in [-0.15, -0.1) is 0 Å². The Morgan fingerprint density at radius 1 is 1.08 bits per heavy atom. The molecule has 0 unspecified atom stereocenters. The van der Waals surface area contributed by atoms with Gasteiger partial charge in [-0.2, -0.15) is 0 Å². The van der Waals surface area contributed by atoms with E-state index in [1.807, 2.05) is 18.2 Å². The summed E-state index contributed by atoms with van der Waals surface area (Å²) in [4.78, 5) is 23.2. The minimum Gasteiger partial charge on any atom is -0.484 e. The van der Waals surface area contributed by atoms with Crippen LogP contribution in [0.5, 0.6) is 5.75 Å². The van der Waals surface area contributed by atoms with Crippen molar-refractivity contribution in [3.63, 3.8) is 0 Å². The van der Waals surface area contributed by atoms with Crippen LogP contribution in [-0.2, 0) is 16.0 Å². The molecule has 0 spiro atoms. The highest BCUT2D eigenvalue weighted by Crippen LogP contribution is 2.24. The van der Waals surface area contributed by atoms with Crippen LogP contribution in [0.3, 0.4) is 0 Å². The monoisotopic (exact) mass is 367 g/mol. The third-order valence-electron chi connectivity index (χ3n) is 3.12. The predicted octanol–water partition coefficient (Wildman–Crippen LogP) is 3.18. The number of ether oxygens (including phenoxy) is 1. The van der Waals surface area contributed by atoms with Crippen molar-refractivity contribution in [1.82, 2.24) is 5.32 Å². The molecule has 0 aliphatic carbocycles. The average Bonchev–Trinajstić information content (AvgIpc) is 2.52. The van der Waals surface area contributed by atoms with Crippen molar-refractivity contribution in [3.8, 4) is 5.75 Å². The molecule has 0 radical (unpaired) electrons. The summed E-state index contributed by atoms with van der Waals surface area (Å²) in [6.45, 7) is -0.338. The lowest BCUT2D eigenvalue weighted by molar-refractivity contribution is -0.142. The second-order valence-electron chi connectivity index (χ2n) is 5.04. The molecule has 0 heterocycles. The van der Waals surface area contributed by atoms with Crippen LogP contribution in [0.15, 0.2) is 48.5 Å². The summed E-state index contributed by atoms with van der Waals surface area (Å²) >= 11 is 11.7. The zero-order chi connectivity index (χ0) is 17.5. The van der Waals surface area contributed by atoms with E-state index in [1.54, 1.807) is 12.1 Å². The fourth-order valence-corrected chi connectivity index (χ4v) is 2.55. The molecule has 7 heteroatoms. The van der Waals surface area contributed by atoms with Crippen molar-refractivity contribution in [2.75, 3.05) is 6.61 Å². The number of benzene rings is 2. The Morgan fingerprint density at radius 3 is 2.29 bits per heavy atom. The van der Waals surface area contributed by atoms with Gasteiger partial charge in [0.15, 0.2) is 6.61 Å². The number of hydrogen-bond acceptors (Lipinski definition) is 3. The first-order chi connectivity index (χ1) is 11.4. The van der Waals surface area contributed by atoms with Crippen LogP contribution < -0.4 is 10.1 Å². The number of amides is 1. The molecule has 2 aromatic carbocycles. The Morgan fingerprint density at radius 2 is 1.71 bits per heavy atom. The van der Waals surface area contributed by atoms with Crippen molar-refractivity contribution >= 4 is 35.1 Å². The molecule has 0 saturated carbocycles. The minimum absolute atomic E-state index is 0.185. The average molecular weight is 368 g/mol. The van der Waals surface area contributed by atoms with Crippen LogP contribution >= 0.6 is 23.2 Å². The largest absolute Gasteiger partial charge is 0.484 e. The van der Waals surface area contributed by atoms with Crippen LogP contribution in [0.4, 0.5) is 0 Å². The first-order valence-corrected chi connectivity index (χ1v) is 7.84. The fraction of sp³-hybridized carbons (Fsp3) is 0.176. The van der Waals surface area contributed by atoms with E-state index in [0.29, 0.717) is 15.8 Å². The number of rotatable bonds is 7. The van der Waals surface area contributed by atoms with E-state index in [4.69, 9.17) is 27.9 Å². The van der Waals surface area contributed by atoms with E-state index in [0.717, 1.165) is 5.56 Å². The molecule has 2 aromatic rings. The molecule has 0 bridgehead atoms. The van der Waals surface area contributed by atoms with Crippen molar-refractivity contribution < 1.29 is 19.4 Å². The van der Waals surface area contributed by atoms with Crippen molar-refractivity contribution in [1.29, 1.82) is 0 Å². The van der Waals surface area contributed by atoms with Crippen LogP contribution in [0, 0.1) is 0 Å². The molecule has 0 saturated heterocycles. The Bertz CT molecular complexity index is 702. The van der Waals surface area contributed by atoms with Crippen molar-refractivity contribution in [3.05, 3.63) is 64.1 Å². The molecule has 2 rings (SSSR count). The van der Waals surface area contributed by atoms with E-state index in [1.165, 1.54) is 18.2 Å². The number of carboxylic acid groups (broad SMARTS) is 1. The summed E-state index contributed by atoms with van der Waals surface area (Å²) < 4.78 is 5.29. The summed E-state index contributed by atoms with van der Waals surface area (Å²) in [5.74, 6) is -1.33. The summed E-state index contributed by atoms with van der Waals surface area (Å²) in [5.41, 5.74) is 0.813. The fourth-order valence-electron chi connectivity index (χ4n) is 2.05. The molecule has 5 nitrogen and oxygen atoms in total. The summed E-state index contributed by atoms with van der Waals surface area (Å²) in [6.07, 6.45) is 0.185. The SMILES string of the molecule is O=C(COc1cc(Cl)cc(Cl)c1)N[C@@H](Cc1ccccc1)C(=O)O. The molecule has 1 amide bonds. The Kier molecular flexibility index (Phi) is 6.46. The lowest BCUT2D eigenvalue weighted by Crippen LogP contribution is -2.44. The number of carbonyl (C=O) groups excluding carboxylic acids is 1. The van der Waals surface area contributed by atoms with Gasteiger partial charge in [-0.25, -0.2) is 4.79 Å². The normalized spacial score (nSPS) is 11.6. The van der Waals surface area contributed by atoms with Gasteiger partial charge in [0.1, 0.15) is 11.8 Å². The number of aliphatic carboxylic acids is 1. The van der Waals surface area contributed by atoms with Gasteiger partial charge in [-0.3, -0.25) is 4.79 Å². The van der Waals surface area contributed by atoms with Gasteiger partial charge < -0.3 is 15.2 Å². The summed E-state index contributed by atoms with van der Waals surface area (Å²) in [5, 5.41) is 12.4. The van der Waals surface area contributed by atoms with Crippen LogP contribution in [0.1, 0.15) is 5.56 Å². The third kappa shape index (κ3) is 5.76. The Balaban J connectivity index is 1.92. The lowest BCUT2D eigenvalue weighted by atomic mass is 10.1. The van der Waals surface area contributed by atoms with Gasteiger partial charge in [0.05, 0.1) is 0 Å². The standard InChI is InChI=1S/C17H15Cl2NO4/c18-12-7-13(19)9-14(8-12)24-10-16(21)20-15(17(22)23)6-11-4-2-1-3-5-11/h1-5,7-9,15H,6,10H2,(H,20,21)(H,22,23)/t15-/m0/s1. The number of carbonyl (C=O) groups is 2. The van der Waals surface area contributed by atoms with E-state index < -0.39 is 17.9 Å². The first-order valence-electron chi connectivity index (χ1n) is 7.09. The molecule has 2 N–H and O–H groups in total. The number of halogens is 2. The zero-order valence-corrected chi connectivity index (χ0v) is 14.1. The van der Waals surface area contributed by atoms with Crippen LogP contribution in [-0.4, -0.2) is 29.6 Å². The van der Waals surface area contributed by atoms with E-state index in [2.05, 4.69) is 5.32 Å². The summed E-state index contributed by atoms with van der Waals surface area (Å²) in [6, 6.07) is 12.6. The quantitative estimate of drug-likeness (QED) is 0.787. The van der Waals surface area contributed by atoms with Crippen LogP contribution in [0.2, 0.25) is 10.0 Å². The van der Waals surface area contributed by atoms with Gasteiger partial charge in [0, 0.05) is 16.5 Å². The lowest BCUT2D eigenvalue weighted by Gasteiger charge is -2.15. The van der Waals surface area contributed by atoms with Crippen molar-refractivity contribution in [2.24, 2.45) is 0 Å². The highest BCUT2D eigenvalue weighted by Gasteiger charge is 2.20. The molecule has 126 valence electrons. The van der Waals surface area contributed by atoms with Crippen molar-refractivity contribution in [2.45, 2.75) is 12.5 Å². The molecule has 0 fully saturated rings. The maximum atomic E-state index is 11.9.